The number of amides is 2. The summed E-state index contributed by atoms with van der Waals surface area (Å²) in [6.45, 7) is 8.64. The molecule has 0 bridgehead atoms. The van der Waals surface area contributed by atoms with Crippen LogP contribution in [0.4, 0.5) is 17.8 Å². The zero-order chi connectivity index (χ0) is 22.6. The van der Waals surface area contributed by atoms with Crippen LogP contribution in [0.3, 0.4) is 0 Å². The number of hydroxylamine groups is 2. The fourth-order valence-corrected chi connectivity index (χ4v) is 3.37. The lowest BCUT2D eigenvalue weighted by Crippen LogP contribution is -2.47. The van der Waals surface area contributed by atoms with Gasteiger partial charge < -0.3 is 15.1 Å². The number of carbonyl (C=O) groups excluding carboxylic acids is 2. The quantitative estimate of drug-likeness (QED) is 0.150. The lowest BCUT2D eigenvalue weighted by Gasteiger charge is -2.34. The molecule has 0 saturated carbocycles. The molecule has 1 aromatic heterocycles. The SMILES string of the molecule is CCCCC[C@H](CN(O)C=O)C(=O)NNc1nc(NC)nc(N2CCN(CC)CC2)n1. The van der Waals surface area contributed by atoms with E-state index >= 15 is 0 Å². The van der Waals surface area contributed by atoms with Crippen LogP contribution in [0.1, 0.15) is 39.5 Å². The van der Waals surface area contributed by atoms with E-state index in [1.165, 1.54) is 0 Å². The summed E-state index contributed by atoms with van der Waals surface area (Å²) >= 11 is 0. The summed E-state index contributed by atoms with van der Waals surface area (Å²) in [7, 11) is 1.72. The second-order valence-corrected chi connectivity index (χ2v) is 7.49. The number of anilines is 3. The van der Waals surface area contributed by atoms with Gasteiger partial charge >= 0.3 is 0 Å². The van der Waals surface area contributed by atoms with Gasteiger partial charge in [-0.2, -0.15) is 15.0 Å². The molecule has 0 aromatic carbocycles. The molecule has 1 fully saturated rings. The molecule has 1 aliphatic heterocycles. The first-order chi connectivity index (χ1) is 15.0. The fourth-order valence-electron chi connectivity index (χ4n) is 3.37. The highest BCUT2D eigenvalue weighted by Crippen LogP contribution is 2.16. The van der Waals surface area contributed by atoms with Gasteiger partial charge in [0.1, 0.15) is 0 Å². The zero-order valence-electron chi connectivity index (χ0n) is 18.7. The number of aromatic nitrogens is 3. The van der Waals surface area contributed by atoms with Crippen LogP contribution >= 0.6 is 0 Å². The van der Waals surface area contributed by atoms with Crippen LogP contribution in [0, 0.1) is 5.92 Å². The Kier molecular flexibility index (Phi) is 10.2. The van der Waals surface area contributed by atoms with Crippen molar-refractivity contribution in [2.75, 3.05) is 62.0 Å². The minimum Gasteiger partial charge on any atom is -0.357 e. The van der Waals surface area contributed by atoms with Crippen LogP contribution in [0.5, 0.6) is 0 Å². The van der Waals surface area contributed by atoms with Crippen molar-refractivity contribution < 1.29 is 14.8 Å². The number of carbonyl (C=O) groups is 2. The third kappa shape index (κ3) is 7.79. The zero-order valence-corrected chi connectivity index (χ0v) is 18.7. The fraction of sp³-hybridized carbons (Fsp3) is 0.737. The van der Waals surface area contributed by atoms with Crippen molar-refractivity contribution >= 4 is 30.2 Å². The monoisotopic (exact) mass is 437 g/mol. The second-order valence-electron chi connectivity index (χ2n) is 7.49. The Balaban J connectivity index is 2.02. The first kappa shape index (κ1) is 24.5. The van der Waals surface area contributed by atoms with Gasteiger partial charge in [-0.05, 0) is 13.0 Å². The summed E-state index contributed by atoms with van der Waals surface area (Å²) in [5.41, 5.74) is 5.36. The molecule has 174 valence electrons. The van der Waals surface area contributed by atoms with Gasteiger partial charge in [-0.15, -0.1) is 0 Å². The van der Waals surface area contributed by atoms with E-state index in [1.54, 1.807) is 7.05 Å². The number of rotatable bonds is 13. The number of hydrazine groups is 1. The molecule has 12 heteroatoms. The molecule has 2 heterocycles. The Hall–Kier alpha value is -2.73. The van der Waals surface area contributed by atoms with Gasteiger partial charge in [0, 0.05) is 33.2 Å². The van der Waals surface area contributed by atoms with Gasteiger partial charge in [0.2, 0.25) is 30.2 Å². The number of hydrogen-bond donors (Lipinski definition) is 4. The Morgan fingerprint density at radius 2 is 1.87 bits per heavy atom. The number of nitrogens with zero attached hydrogens (tertiary/aromatic N) is 6. The van der Waals surface area contributed by atoms with Crippen molar-refractivity contribution in [1.82, 2.24) is 30.3 Å². The first-order valence-corrected chi connectivity index (χ1v) is 10.9. The minimum absolute atomic E-state index is 0.0767. The van der Waals surface area contributed by atoms with E-state index in [-0.39, 0.29) is 18.4 Å². The summed E-state index contributed by atoms with van der Waals surface area (Å²) in [4.78, 5) is 41.0. The highest BCUT2D eigenvalue weighted by molar-refractivity contribution is 5.80. The predicted molar refractivity (Wildman–Crippen MR) is 118 cm³/mol. The number of hydrogen-bond acceptors (Lipinski definition) is 10. The van der Waals surface area contributed by atoms with Crippen LogP contribution in [-0.2, 0) is 9.59 Å². The molecule has 0 aliphatic carbocycles. The van der Waals surface area contributed by atoms with Crippen molar-refractivity contribution in [2.24, 2.45) is 5.92 Å². The van der Waals surface area contributed by atoms with Crippen LogP contribution in [-0.4, -0.2) is 88.8 Å². The molecule has 31 heavy (non-hydrogen) atoms. The second kappa shape index (κ2) is 12.8. The summed E-state index contributed by atoms with van der Waals surface area (Å²) in [6.07, 6.45) is 3.65. The van der Waals surface area contributed by atoms with Crippen molar-refractivity contribution in [2.45, 2.75) is 39.5 Å². The molecule has 12 nitrogen and oxygen atoms in total. The Labute approximate surface area is 183 Å². The maximum Gasteiger partial charge on any atom is 0.248 e. The number of likely N-dealkylation sites (N-methyl/N-ethyl adjacent to an activating group) is 1. The highest BCUT2D eigenvalue weighted by atomic mass is 16.5. The maximum absolute atomic E-state index is 12.6. The summed E-state index contributed by atoms with van der Waals surface area (Å²) in [5, 5.41) is 12.9. The molecule has 0 spiro atoms. The van der Waals surface area contributed by atoms with Gasteiger partial charge in [-0.1, -0.05) is 33.1 Å². The molecule has 2 rings (SSSR count). The normalized spacial score (nSPS) is 15.3. The molecule has 1 saturated heterocycles. The van der Waals surface area contributed by atoms with Crippen molar-refractivity contribution in [3.63, 3.8) is 0 Å². The topological polar surface area (TPSA) is 139 Å². The van der Waals surface area contributed by atoms with E-state index in [1.807, 2.05) is 0 Å². The molecule has 0 unspecified atom stereocenters. The van der Waals surface area contributed by atoms with Crippen LogP contribution < -0.4 is 21.1 Å². The molecular formula is C19H35N9O3. The average Bonchev–Trinajstić information content (AvgIpc) is 2.81. The molecule has 0 radical (unpaired) electrons. The van der Waals surface area contributed by atoms with Crippen molar-refractivity contribution in [3.8, 4) is 0 Å². The average molecular weight is 438 g/mol. The van der Waals surface area contributed by atoms with Gasteiger partial charge in [-0.25, -0.2) is 5.06 Å². The Morgan fingerprint density at radius 3 is 2.48 bits per heavy atom. The predicted octanol–water partition coefficient (Wildman–Crippen LogP) is 0.542. The lowest BCUT2D eigenvalue weighted by atomic mass is 10.0. The molecule has 1 atom stereocenters. The largest absolute Gasteiger partial charge is 0.357 e. The highest BCUT2D eigenvalue weighted by Gasteiger charge is 2.22. The van der Waals surface area contributed by atoms with E-state index < -0.39 is 5.92 Å². The van der Waals surface area contributed by atoms with E-state index in [4.69, 9.17) is 0 Å². The Morgan fingerprint density at radius 1 is 1.16 bits per heavy atom. The minimum atomic E-state index is -0.554. The van der Waals surface area contributed by atoms with Crippen LogP contribution in [0.15, 0.2) is 0 Å². The van der Waals surface area contributed by atoms with Crippen LogP contribution in [0.25, 0.3) is 0 Å². The molecule has 4 N–H and O–H groups in total. The number of piperazine rings is 1. The summed E-state index contributed by atoms with van der Waals surface area (Å²) in [6, 6.07) is 0. The van der Waals surface area contributed by atoms with E-state index in [0.29, 0.717) is 29.8 Å². The Bertz CT molecular complexity index is 698. The summed E-state index contributed by atoms with van der Waals surface area (Å²) < 4.78 is 0. The maximum atomic E-state index is 12.6. The standard InChI is InChI=1S/C19H35N9O3/c1-4-6-7-8-15(13-28(31)14-29)16(30)24-25-18-21-17(20-3)22-19(23-18)27-11-9-26(5-2)10-12-27/h14-15,31H,4-13H2,1-3H3,(H,24,30)(H2,20,21,22,23,25)/t15-/m1/s1. The smallest absolute Gasteiger partial charge is 0.248 e. The van der Waals surface area contributed by atoms with Crippen molar-refractivity contribution in [3.05, 3.63) is 0 Å². The lowest BCUT2D eigenvalue weighted by molar-refractivity contribution is -0.154. The van der Waals surface area contributed by atoms with E-state index in [2.05, 4.69) is 54.8 Å². The molecule has 1 aromatic rings. The molecule has 1 aliphatic rings. The van der Waals surface area contributed by atoms with Crippen LogP contribution in [0.2, 0.25) is 0 Å². The van der Waals surface area contributed by atoms with Gasteiger partial charge in [0.15, 0.2) is 0 Å². The number of unbranched alkanes of at least 4 members (excludes halogenated alkanes) is 2. The molecule has 2 amide bonds. The van der Waals surface area contributed by atoms with Gasteiger partial charge in [0.25, 0.3) is 0 Å². The third-order valence-electron chi connectivity index (χ3n) is 5.30. The van der Waals surface area contributed by atoms with Gasteiger partial charge in [0.05, 0.1) is 12.5 Å². The molecular weight excluding hydrogens is 402 g/mol. The first-order valence-electron chi connectivity index (χ1n) is 10.9. The number of nitrogens with one attached hydrogen (secondary N) is 3. The third-order valence-corrected chi connectivity index (χ3v) is 5.30. The summed E-state index contributed by atoms with van der Waals surface area (Å²) in [5.74, 6) is 0.239. The van der Waals surface area contributed by atoms with Crippen molar-refractivity contribution in [1.29, 1.82) is 0 Å². The van der Waals surface area contributed by atoms with Gasteiger partial charge in [-0.3, -0.25) is 25.6 Å². The van der Waals surface area contributed by atoms with E-state index in [0.717, 1.165) is 52.0 Å². The van der Waals surface area contributed by atoms with E-state index in [9.17, 15) is 14.8 Å².